The van der Waals surface area contributed by atoms with Gasteiger partial charge in [0.2, 0.25) is 0 Å². The second-order valence-electron chi connectivity index (χ2n) is 17.1. The van der Waals surface area contributed by atoms with Gasteiger partial charge in [0.1, 0.15) is 0 Å². The standard InChI is InChI=1S/C18H36O2.2C17H34O2/c1-4-5-6-7-8-9-10-11-12-13-14-15-16-18(19)20-17(2)3;2*1-3-5-6-7-8-9-10-11-12-13-14-15-16-17(18)19-4-2/h17H,4-16H2,1-3H3;2*3-16H2,1-2H3. The van der Waals surface area contributed by atoms with Crippen LogP contribution in [0.4, 0.5) is 0 Å². The summed E-state index contributed by atoms with van der Waals surface area (Å²) in [5.74, 6) is -0.101. The first-order chi connectivity index (χ1) is 28.3. The molecule has 348 valence electrons. The van der Waals surface area contributed by atoms with Crippen LogP contribution in [0, 0.1) is 0 Å². The van der Waals surface area contributed by atoms with Gasteiger partial charge in [-0.05, 0) is 47.0 Å². The van der Waals surface area contributed by atoms with Crippen LogP contribution in [0.2, 0.25) is 0 Å². The van der Waals surface area contributed by atoms with E-state index in [4.69, 9.17) is 14.2 Å². The highest BCUT2D eigenvalue weighted by atomic mass is 16.5. The summed E-state index contributed by atoms with van der Waals surface area (Å²) in [6.07, 6.45) is 49.6. The van der Waals surface area contributed by atoms with Crippen LogP contribution in [0.3, 0.4) is 0 Å². The zero-order chi connectivity index (χ0) is 43.4. The van der Waals surface area contributed by atoms with E-state index in [2.05, 4.69) is 20.8 Å². The lowest BCUT2D eigenvalue weighted by Gasteiger charge is -2.07. The van der Waals surface area contributed by atoms with Gasteiger partial charge in [-0.15, -0.1) is 0 Å². The lowest BCUT2D eigenvalue weighted by molar-refractivity contribution is -0.147. The zero-order valence-electron chi connectivity index (χ0n) is 40.5. The Balaban J connectivity index is -0.000000783. The molecule has 0 rings (SSSR count). The Morgan fingerprint density at radius 1 is 0.293 bits per heavy atom. The van der Waals surface area contributed by atoms with Crippen LogP contribution >= 0.6 is 0 Å². The van der Waals surface area contributed by atoms with E-state index in [1.807, 2.05) is 27.7 Å². The molecule has 0 heterocycles. The highest BCUT2D eigenvalue weighted by Crippen LogP contribution is 2.15. The Morgan fingerprint density at radius 2 is 0.483 bits per heavy atom. The lowest BCUT2D eigenvalue weighted by Crippen LogP contribution is -2.10. The van der Waals surface area contributed by atoms with Crippen LogP contribution in [0.15, 0.2) is 0 Å². The van der Waals surface area contributed by atoms with E-state index in [-0.39, 0.29) is 24.0 Å². The van der Waals surface area contributed by atoms with Gasteiger partial charge in [-0.3, -0.25) is 14.4 Å². The van der Waals surface area contributed by atoms with Crippen LogP contribution in [0.25, 0.3) is 0 Å². The molecule has 0 aliphatic rings. The van der Waals surface area contributed by atoms with Crippen LogP contribution < -0.4 is 0 Å². The number of hydrogen-bond acceptors (Lipinski definition) is 6. The molecule has 0 spiro atoms. The van der Waals surface area contributed by atoms with Gasteiger partial charge in [0.15, 0.2) is 0 Å². The number of hydrogen-bond donors (Lipinski definition) is 0. The maximum absolute atomic E-state index is 11.3. The monoisotopic (exact) mass is 825 g/mol. The highest BCUT2D eigenvalue weighted by molar-refractivity contribution is 5.69. The molecule has 0 atom stereocenters. The Kier molecular flexibility index (Phi) is 58.0. The predicted octanol–water partition coefficient (Wildman–Crippen LogP) is 17.3. The zero-order valence-corrected chi connectivity index (χ0v) is 40.5. The van der Waals surface area contributed by atoms with Gasteiger partial charge in [-0.1, -0.05) is 233 Å². The Bertz CT molecular complexity index is 755. The van der Waals surface area contributed by atoms with Crippen molar-refractivity contribution in [2.24, 2.45) is 0 Å². The molecule has 0 fully saturated rings. The third-order valence-corrected chi connectivity index (χ3v) is 10.7. The fourth-order valence-corrected chi connectivity index (χ4v) is 7.12. The third kappa shape index (κ3) is 61.1. The smallest absolute Gasteiger partial charge is 0.306 e. The summed E-state index contributed by atoms with van der Waals surface area (Å²) in [6, 6.07) is 0. The molecule has 0 aromatic rings. The largest absolute Gasteiger partial charge is 0.466 e. The minimum atomic E-state index is -0.0351. The maximum atomic E-state index is 11.3. The fraction of sp³-hybridized carbons (Fsp3) is 0.942. The molecule has 6 nitrogen and oxygen atoms in total. The number of carbonyl (C=O) groups excluding carboxylic acids is 3. The van der Waals surface area contributed by atoms with Gasteiger partial charge < -0.3 is 14.2 Å². The van der Waals surface area contributed by atoms with Crippen molar-refractivity contribution < 1.29 is 28.6 Å². The molecule has 58 heavy (non-hydrogen) atoms. The number of ether oxygens (including phenoxy) is 3. The minimum Gasteiger partial charge on any atom is -0.466 e. The van der Waals surface area contributed by atoms with Gasteiger partial charge >= 0.3 is 17.9 Å². The molecule has 0 saturated heterocycles. The van der Waals surface area contributed by atoms with E-state index in [0.29, 0.717) is 32.5 Å². The van der Waals surface area contributed by atoms with Gasteiger partial charge in [-0.2, -0.15) is 0 Å². The Morgan fingerprint density at radius 3 is 0.672 bits per heavy atom. The summed E-state index contributed by atoms with van der Waals surface area (Å²) in [5.41, 5.74) is 0. The summed E-state index contributed by atoms with van der Waals surface area (Å²) >= 11 is 0. The predicted molar refractivity (Wildman–Crippen MR) is 252 cm³/mol. The second kappa shape index (κ2) is 55.4. The van der Waals surface area contributed by atoms with Gasteiger partial charge in [0.05, 0.1) is 19.3 Å². The van der Waals surface area contributed by atoms with Crippen molar-refractivity contribution in [2.75, 3.05) is 13.2 Å². The first-order valence-electron chi connectivity index (χ1n) is 25.8. The summed E-state index contributed by atoms with van der Waals surface area (Å²) < 4.78 is 14.9. The first-order valence-corrected chi connectivity index (χ1v) is 25.8. The van der Waals surface area contributed by atoms with Gasteiger partial charge in [0.25, 0.3) is 0 Å². The average Bonchev–Trinajstić information content (AvgIpc) is 3.19. The van der Waals surface area contributed by atoms with E-state index >= 15 is 0 Å². The number of rotatable bonds is 42. The molecular formula is C52H104O6. The van der Waals surface area contributed by atoms with Crippen LogP contribution in [-0.2, 0) is 28.6 Å². The van der Waals surface area contributed by atoms with Gasteiger partial charge in [0, 0.05) is 19.3 Å². The Hall–Kier alpha value is -1.59. The molecule has 0 amide bonds. The molecule has 6 heteroatoms. The number of esters is 3. The molecule has 0 unspecified atom stereocenters. The lowest BCUT2D eigenvalue weighted by atomic mass is 10.0. The van der Waals surface area contributed by atoms with E-state index in [1.165, 1.54) is 212 Å². The van der Waals surface area contributed by atoms with Crippen molar-refractivity contribution in [3.8, 4) is 0 Å². The van der Waals surface area contributed by atoms with Crippen LogP contribution in [-0.4, -0.2) is 37.2 Å². The first kappa shape index (κ1) is 60.7. The maximum Gasteiger partial charge on any atom is 0.306 e. The molecule has 0 saturated carbocycles. The summed E-state index contributed by atoms with van der Waals surface area (Å²) in [7, 11) is 0. The van der Waals surface area contributed by atoms with Gasteiger partial charge in [-0.25, -0.2) is 0 Å². The van der Waals surface area contributed by atoms with E-state index in [9.17, 15) is 14.4 Å². The van der Waals surface area contributed by atoms with E-state index in [0.717, 1.165) is 19.3 Å². The Labute approximate surface area is 363 Å². The van der Waals surface area contributed by atoms with Crippen molar-refractivity contribution in [1.29, 1.82) is 0 Å². The number of carbonyl (C=O) groups is 3. The van der Waals surface area contributed by atoms with Crippen LogP contribution in [0.1, 0.15) is 299 Å². The molecular weight excluding hydrogens is 721 g/mol. The molecule has 0 bridgehead atoms. The highest BCUT2D eigenvalue weighted by Gasteiger charge is 2.05. The SMILES string of the molecule is CCCCCCCCCCCCCCC(=O)OC(C)C.CCCCCCCCCCCCCCC(=O)OCC.CCCCCCCCCCCCCCC(=O)OCC. The van der Waals surface area contributed by atoms with Crippen molar-refractivity contribution in [2.45, 2.75) is 305 Å². The summed E-state index contributed by atoms with van der Waals surface area (Å²) in [4.78, 5) is 33.5. The molecule has 0 aromatic carbocycles. The molecule has 0 radical (unpaired) electrons. The molecule has 0 aromatic heterocycles. The second-order valence-corrected chi connectivity index (χ2v) is 17.1. The summed E-state index contributed by atoms with van der Waals surface area (Å²) in [5, 5.41) is 0. The molecule has 0 N–H and O–H groups in total. The topological polar surface area (TPSA) is 78.9 Å². The van der Waals surface area contributed by atoms with E-state index < -0.39 is 0 Å². The normalized spacial score (nSPS) is 10.8. The third-order valence-electron chi connectivity index (χ3n) is 10.7. The molecule has 0 aliphatic carbocycles. The number of unbranched alkanes of at least 4 members (excludes halogenated alkanes) is 33. The van der Waals surface area contributed by atoms with Crippen molar-refractivity contribution in [1.82, 2.24) is 0 Å². The summed E-state index contributed by atoms with van der Waals surface area (Å²) in [6.45, 7) is 15.3. The van der Waals surface area contributed by atoms with Crippen LogP contribution in [0.5, 0.6) is 0 Å². The van der Waals surface area contributed by atoms with Crippen molar-refractivity contribution in [3.05, 3.63) is 0 Å². The van der Waals surface area contributed by atoms with Crippen molar-refractivity contribution in [3.63, 3.8) is 0 Å². The fourth-order valence-electron chi connectivity index (χ4n) is 7.12. The average molecular weight is 825 g/mol. The molecule has 0 aliphatic heterocycles. The van der Waals surface area contributed by atoms with E-state index in [1.54, 1.807) is 0 Å². The quantitative estimate of drug-likeness (QED) is 0.0347. The van der Waals surface area contributed by atoms with Crippen molar-refractivity contribution >= 4 is 17.9 Å². The minimum absolute atomic E-state index is 0.0276.